The summed E-state index contributed by atoms with van der Waals surface area (Å²) in [5.74, 6) is -0.354. The molecule has 208 valence electrons. The summed E-state index contributed by atoms with van der Waals surface area (Å²) >= 11 is 0. The third-order valence-electron chi connectivity index (χ3n) is 5.18. The number of nitrogens with zero attached hydrogens (tertiary/aromatic N) is 4. The lowest BCUT2D eigenvalue weighted by Crippen LogP contribution is -2.19. The number of rotatable bonds is 8. The molecule has 3 N–H and O–H groups in total. The Morgan fingerprint density at radius 1 is 1.03 bits per heavy atom. The highest BCUT2D eigenvalue weighted by atomic mass is 32.2. The highest BCUT2D eigenvalue weighted by Gasteiger charge is 2.28. The van der Waals surface area contributed by atoms with Crippen molar-refractivity contribution in [2.45, 2.75) is 37.5 Å². The van der Waals surface area contributed by atoms with Crippen molar-refractivity contribution in [2.75, 3.05) is 26.4 Å². The molecule has 0 amide bonds. The van der Waals surface area contributed by atoms with Gasteiger partial charge in [0, 0.05) is 6.07 Å². The number of hydrogen-bond donors (Lipinski definition) is 3. The number of aromatic nitrogens is 3. The van der Waals surface area contributed by atoms with Crippen LogP contribution in [0.5, 0.6) is 17.2 Å². The van der Waals surface area contributed by atoms with E-state index in [9.17, 15) is 36.9 Å². The number of halogens is 3. The predicted molar refractivity (Wildman–Crippen MR) is 133 cm³/mol. The Labute approximate surface area is 217 Å². The highest BCUT2D eigenvalue weighted by Crippen LogP contribution is 2.38. The minimum atomic E-state index is -4.64. The second-order valence-electron chi connectivity index (χ2n) is 8.88. The largest absolute Gasteiger partial charge is 0.508 e. The van der Waals surface area contributed by atoms with E-state index in [1.165, 1.54) is 22.8 Å². The van der Waals surface area contributed by atoms with Crippen molar-refractivity contribution in [1.82, 2.24) is 19.7 Å². The van der Waals surface area contributed by atoms with E-state index in [-0.39, 0.29) is 45.5 Å². The second kappa shape index (κ2) is 12.3. The van der Waals surface area contributed by atoms with Gasteiger partial charge in [0.05, 0.1) is 17.0 Å². The lowest BCUT2D eigenvalue weighted by Gasteiger charge is -2.15. The normalized spacial score (nSPS) is 11.9. The van der Waals surface area contributed by atoms with Crippen molar-refractivity contribution < 1.29 is 41.7 Å². The van der Waals surface area contributed by atoms with Gasteiger partial charge in [-0.25, -0.2) is 8.42 Å². The van der Waals surface area contributed by atoms with E-state index in [1.807, 2.05) is 32.8 Å². The Morgan fingerprint density at radius 3 is 2.11 bits per heavy atom. The summed E-state index contributed by atoms with van der Waals surface area (Å²) < 4.78 is 58.9. The van der Waals surface area contributed by atoms with Gasteiger partial charge in [-0.15, -0.1) is 10.2 Å². The molecule has 0 atom stereocenters. The molecule has 3 rings (SSSR count). The number of phenolic OH excluding ortho intramolecular Hbond substituents is 3. The first-order valence-electron chi connectivity index (χ1n) is 11.3. The monoisotopic (exact) mass is 558 g/mol. The SMILES string of the molecule is CC(C)c1cc(-c2nnc(S(=O)(=O)CCCN(C)C)n2-c2ccc(O)cc2)c(O)cc1O.O=CC(F)(F)F. The lowest BCUT2D eigenvalue weighted by molar-refractivity contribution is -0.156. The number of hydrogen-bond acceptors (Lipinski definition) is 9. The first kappa shape index (κ1) is 30.6. The van der Waals surface area contributed by atoms with Gasteiger partial charge in [-0.2, -0.15) is 13.2 Å². The van der Waals surface area contributed by atoms with Crippen LogP contribution in [0.3, 0.4) is 0 Å². The summed E-state index contributed by atoms with van der Waals surface area (Å²) in [6.45, 7) is 4.37. The topological polar surface area (TPSA) is 146 Å². The van der Waals surface area contributed by atoms with Gasteiger partial charge in [-0.3, -0.25) is 9.36 Å². The van der Waals surface area contributed by atoms with E-state index in [4.69, 9.17) is 4.79 Å². The molecule has 2 aromatic carbocycles. The van der Waals surface area contributed by atoms with Crippen molar-refractivity contribution in [1.29, 1.82) is 0 Å². The molecule has 38 heavy (non-hydrogen) atoms. The van der Waals surface area contributed by atoms with E-state index < -0.39 is 22.3 Å². The number of alkyl halides is 3. The van der Waals surface area contributed by atoms with Gasteiger partial charge in [0.25, 0.3) is 5.16 Å². The van der Waals surface area contributed by atoms with E-state index in [1.54, 1.807) is 18.2 Å². The Morgan fingerprint density at radius 2 is 1.61 bits per heavy atom. The molecule has 0 aliphatic rings. The summed E-state index contributed by atoms with van der Waals surface area (Å²) in [6, 6.07) is 8.74. The van der Waals surface area contributed by atoms with Gasteiger partial charge in [-0.1, -0.05) is 13.8 Å². The second-order valence-corrected chi connectivity index (χ2v) is 10.9. The fourth-order valence-electron chi connectivity index (χ4n) is 3.38. The average Bonchev–Trinajstić information content (AvgIpc) is 3.25. The van der Waals surface area contributed by atoms with Gasteiger partial charge in [0.1, 0.15) is 17.2 Å². The van der Waals surface area contributed by atoms with E-state index in [2.05, 4.69) is 10.2 Å². The lowest BCUT2D eigenvalue weighted by atomic mass is 9.98. The third-order valence-corrected chi connectivity index (χ3v) is 6.83. The number of carbonyl (C=O) groups excluding carboxylic acids is 1. The van der Waals surface area contributed by atoms with Gasteiger partial charge in [-0.05, 0) is 68.9 Å². The van der Waals surface area contributed by atoms with Gasteiger partial charge >= 0.3 is 6.18 Å². The fraction of sp³-hybridized carbons (Fsp3) is 0.375. The number of benzene rings is 2. The molecular weight excluding hydrogens is 529 g/mol. The van der Waals surface area contributed by atoms with Crippen LogP contribution in [-0.2, 0) is 14.6 Å². The molecule has 1 aromatic heterocycles. The number of sulfone groups is 1. The molecule has 0 radical (unpaired) electrons. The third kappa shape index (κ3) is 7.92. The summed E-state index contributed by atoms with van der Waals surface area (Å²) in [5, 5.41) is 38.2. The maximum absolute atomic E-state index is 13.1. The quantitative estimate of drug-likeness (QED) is 0.353. The molecule has 3 aromatic rings. The predicted octanol–water partition coefficient (Wildman–Crippen LogP) is 3.65. The molecular formula is C24H29F3N4O6S. The minimum Gasteiger partial charge on any atom is -0.508 e. The maximum atomic E-state index is 13.1. The molecule has 14 heteroatoms. The Bertz CT molecular complexity index is 1350. The summed E-state index contributed by atoms with van der Waals surface area (Å²) in [5.41, 5.74) is 1.22. The van der Waals surface area contributed by atoms with E-state index in [0.29, 0.717) is 24.2 Å². The Hall–Kier alpha value is -3.65. The first-order valence-corrected chi connectivity index (χ1v) is 12.9. The zero-order valence-corrected chi connectivity index (χ0v) is 22.0. The van der Waals surface area contributed by atoms with E-state index in [0.717, 1.165) is 0 Å². The Balaban J connectivity index is 0.000000757. The van der Waals surface area contributed by atoms with Crippen molar-refractivity contribution >= 4 is 16.1 Å². The average molecular weight is 559 g/mol. The number of carbonyl (C=O) groups is 1. The zero-order valence-electron chi connectivity index (χ0n) is 21.1. The summed E-state index contributed by atoms with van der Waals surface area (Å²) in [6.07, 6.45) is -5.29. The van der Waals surface area contributed by atoms with Crippen LogP contribution in [0.25, 0.3) is 17.1 Å². The van der Waals surface area contributed by atoms with Gasteiger partial charge in [0.2, 0.25) is 16.1 Å². The molecule has 0 unspecified atom stereocenters. The van der Waals surface area contributed by atoms with Crippen LogP contribution >= 0.6 is 0 Å². The fourth-order valence-corrected chi connectivity index (χ4v) is 4.70. The van der Waals surface area contributed by atoms with Crippen LogP contribution in [0.4, 0.5) is 13.2 Å². The highest BCUT2D eigenvalue weighted by molar-refractivity contribution is 7.91. The van der Waals surface area contributed by atoms with Gasteiger partial charge < -0.3 is 20.2 Å². The molecule has 0 fully saturated rings. The van der Waals surface area contributed by atoms with Crippen LogP contribution in [0.2, 0.25) is 0 Å². The first-order chi connectivity index (χ1) is 17.6. The number of aromatic hydroxyl groups is 3. The van der Waals surface area contributed by atoms with Crippen molar-refractivity contribution in [3.8, 4) is 34.3 Å². The van der Waals surface area contributed by atoms with Crippen LogP contribution in [0.15, 0.2) is 41.6 Å². The maximum Gasteiger partial charge on any atom is 0.446 e. The van der Waals surface area contributed by atoms with E-state index >= 15 is 0 Å². The van der Waals surface area contributed by atoms with Gasteiger partial charge in [0.15, 0.2) is 5.82 Å². The zero-order chi connectivity index (χ0) is 28.8. The van der Waals surface area contributed by atoms with Crippen molar-refractivity contribution in [2.24, 2.45) is 0 Å². The molecule has 0 aliphatic carbocycles. The molecule has 10 nitrogen and oxygen atoms in total. The molecule has 0 bridgehead atoms. The molecule has 1 heterocycles. The van der Waals surface area contributed by atoms with Crippen LogP contribution in [0, 0.1) is 0 Å². The number of phenols is 3. The smallest absolute Gasteiger partial charge is 0.446 e. The molecule has 0 saturated carbocycles. The summed E-state index contributed by atoms with van der Waals surface area (Å²) in [7, 11) is -0.0810. The van der Waals surface area contributed by atoms with Crippen LogP contribution in [0.1, 0.15) is 31.7 Å². The summed E-state index contributed by atoms with van der Waals surface area (Å²) in [4.78, 5) is 10.6. The van der Waals surface area contributed by atoms with Crippen molar-refractivity contribution in [3.63, 3.8) is 0 Å². The van der Waals surface area contributed by atoms with Crippen LogP contribution in [-0.4, -0.2) is 82.3 Å². The number of aldehydes is 1. The molecule has 0 aliphatic heterocycles. The van der Waals surface area contributed by atoms with Crippen molar-refractivity contribution in [3.05, 3.63) is 42.0 Å². The standard InChI is InChI=1S/C22H28N4O5S.C2HF3O/c1-14(2)17-12-18(20(29)13-19(17)28)21-23-24-22(32(30,31)11-5-10-25(3)4)26(21)15-6-8-16(27)9-7-15;3-2(4,5)1-6/h6-9,12-14,27-29H,5,10-11H2,1-4H3;1H. The molecule has 0 spiro atoms. The van der Waals surface area contributed by atoms with Crippen LogP contribution < -0.4 is 0 Å². The molecule has 0 saturated heterocycles. The minimum absolute atomic E-state index is 0.0216. The Kier molecular flexibility index (Phi) is 9.87.